The molecule has 1 aliphatic carbocycles. The Hall–Kier alpha value is -2.41. The Morgan fingerprint density at radius 1 is 1.04 bits per heavy atom. The zero-order chi connectivity index (χ0) is 20.5. The second-order valence-corrected chi connectivity index (χ2v) is 7.16. The van der Waals surface area contributed by atoms with Crippen LogP contribution in [0.4, 0.5) is 0 Å². The van der Waals surface area contributed by atoms with Gasteiger partial charge in [-0.3, -0.25) is 14.4 Å². The molecule has 7 nitrogen and oxygen atoms in total. The van der Waals surface area contributed by atoms with Crippen LogP contribution >= 0.6 is 0 Å². The molecule has 0 aliphatic heterocycles. The molecular weight excluding hydrogens is 352 g/mol. The van der Waals surface area contributed by atoms with Gasteiger partial charge in [0.1, 0.15) is 17.3 Å². The van der Waals surface area contributed by atoms with Crippen molar-refractivity contribution in [3.05, 3.63) is 17.7 Å². The molecule has 27 heavy (non-hydrogen) atoms. The Labute approximate surface area is 158 Å². The number of methoxy groups -OCH3 is 3. The van der Waals surface area contributed by atoms with E-state index in [0.29, 0.717) is 22.8 Å². The molecule has 1 aromatic carbocycles. The molecule has 0 heterocycles. The number of aliphatic hydroxyl groups is 1. The molecule has 7 heteroatoms. The quantitative estimate of drug-likeness (QED) is 0.755. The first-order chi connectivity index (χ1) is 12.6. The monoisotopic (exact) mass is 378 g/mol. The minimum absolute atomic E-state index is 0.248. The van der Waals surface area contributed by atoms with Gasteiger partial charge in [-0.15, -0.1) is 0 Å². The normalized spacial score (nSPS) is 27.8. The van der Waals surface area contributed by atoms with Gasteiger partial charge in [-0.2, -0.15) is 0 Å². The number of rotatable bonds is 6. The number of ketones is 3. The van der Waals surface area contributed by atoms with Gasteiger partial charge < -0.3 is 19.3 Å². The van der Waals surface area contributed by atoms with Crippen molar-refractivity contribution in [1.82, 2.24) is 0 Å². The minimum Gasteiger partial charge on any atom is -0.493 e. The molecule has 1 aliphatic rings. The first-order valence-corrected chi connectivity index (χ1v) is 8.64. The first-order valence-electron chi connectivity index (χ1n) is 8.64. The van der Waals surface area contributed by atoms with Crippen molar-refractivity contribution in [1.29, 1.82) is 0 Å². The average Bonchev–Trinajstić information content (AvgIpc) is 2.57. The van der Waals surface area contributed by atoms with Crippen molar-refractivity contribution >= 4 is 17.3 Å². The van der Waals surface area contributed by atoms with Crippen LogP contribution < -0.4 is 14.2 Å². The van der Waals surface area contributed by atoms with Crippen LogP contribution in [0.25, 0.3) is 0 Å². The fourth-order valence-electron chi connectivity index (χ4n) is 4.20. The van der Waals surface area contributed by atoms with Gasteiger partial charge in [0, 0.05) is 12.3 Å². The smallest absolute Gasteiger partial charge is 0.203 e. The molecule has 0 bridgehead atoms. The number of hydrogen-bond donors (Lipinski definition) is 1. The van der Waals surface area contributed by atoms with Crippen molar-refractivity contribution < 1.29 is 33.7 Å². The Morgan fingerprint density at radius 2 is 1.56 bits per heavy atom. The van der Waals surface area contributed by atoms with E-state index < -0.39 is 23.4 Å². The van der Waals surface area contributed by atoms with Crippen molar-refractivity contribution in [3.8, 4) is 17.2 Å². The molecule has 2 rings (SSSR count). The molecule has 0 unspecified atom stereocenters. The predicted molar refractivity (Wildman–Crippen MR) is 97.4 cm³/mol. The highest BCUT2D eigenvalue weighted by atomic mass is 16.5. The lowest BCUT2D eigenvalue weighted by molar-refractivity contribution is -0.151. The third-order valence-corrected chi connectivity index (χ3v) is 5.22. The van der Waals surface area contributed by atoms with E-state index in [2.05, 4.69) is 0 Å². The van der Waals surface area contributed by atoms with Crippen LogP contribution in [0.2, 0.25) is 0 Å². The van der Waals surface area contributed by atoms with Crippen LogP contribution in [0.5, 0.6) is 17.2 Å². The number of ether oxygens (including phenoxy) is 3. The van der Waals surface area contributed by atoms with Crippen LogP contribution in [-0.2, 0) is 14.4 Å². The zero-order valence-corrected chi connectivity index (χ0v) is 16.5. The highest BCUT2D eigenvalue weighted by Gasteiger charge is 2.54. The third-order valence-electron chi connectivity index (χ3n) is 5.22. The zero-order valence-electron chi connectivity index (χ0n) is 16.5. The standard InChI is InChI=1S/C20H26O7/c1-10(21)16-13(23)9-20(3,24)18(11(2)22)17(16)12-7-14(25-4)19(27-6)15(8-12)26-5/h7-8,16-18,24H,9H2,1-6H3/t16-,17+,18+,20+/m0/s1. The van der Waals surface area contributed by atoms with Gasteiger partial charge in [-0.05, 0) is 38.5 Å². The van der Waals surface area contributed by atoms with E-state index in [1.54, 1.807) is 12.1 Å². The fourth-order valence-corrected chi connectivity index (χ4v) is 4.20. The SMILES string of the molecule is COc1cc([C@@H]2[C@@H](C(C)=O)C(=O)C[C@@](C)(O)[C@@H]2C(C)=O)cc(OC)c1OC. The van der Waals surface area contributed by atoms with Gasteiger partial charge in [0.25, 0.3) is 0 Å². The summed E-state index contributed by atoms with van der Waals surface area (Å²) in [5.41, 5.74) is -1.06. The number of hydrogen-bond acceptors (Lipinski definition) is 7. The van der Waals surface area contributed by atoms with Gasteiger partial charge in [0.2, 0.25) is 5.75 Å². The van der Waals surface area contributed by atoms with E-state index in [9.17, 15) is 19.5 Å². The summed E-state index contributed by atoms with van der Waals surface area (Å²) in [5.74, 6) is -2.76. The van der Waals surface area contributed by atoms with E-state index in [-0.39, 0.29) is 23.8 Å². The van der Waals surface area contributed by atoms with Crippen LogP contribution in [0.1, 0.15) is 38.7 Å². The molecule has 148 valence electrons. The van der Waals surface area contributed by atoms with Crippen LogP contribution in [-0.4, -0.2) is 49.4 Å². The summed E-state index contributed by atoms with van der Waals surface area (Å²) < 4.78 is 16.0. The fraction of sp³-hybridized carbons (Fsp3) is 0.550. The lowest BCUT2D eigenvalue weighted by atomic mass is 9.60. The number of Topliss-reactive ketones (excluding diaryl/α,β-unsaturated/α-hetero) is 3. The second kappa shape index (κ2) is 7.68. The Morgan fingerprint density at radius 3 is 1.93 bits per heavy atom. The first kappa shape index (κ1) is 20.9. The molecule has 0 amide bonds. The minimum atomic E-state index is -1.56. The molecule has 4 atom stereocenters. The van der Waals surface area contributed by atoms with Crippen molar-refractivity contribution in [2.24, 2.45) is 11.8 Å². The maximum atomic E-state index is 12.7. The van der Waals surface area contributed by atoms with Crippen LogP contribution in [0.15, 0.2) is 12.1 Å². The van der Waals surface area contributed by atoms with Gasteiger partial charge in [-0.1, -0.05) is 0 Å². The number of carbonyl (C=O) groups is 3. The lowest BCUT2D eigenvalue weighted by Crippen LogP contribution is -2.53. The maximum absolute atomic E-state index is 12.7. The summed E-state index contributed by atoms with van der Waals surface area (Å²) >= 11 is 0. The molecular formula is C20H26O7. The summed E-state index contributed by atoms with van der Waals surface area (Å²) in [7, 11) is 4.37. The molecule has 1 aromatic rings. The molecule has 1 saturated carbocycles. The summed E-state index contributed by atoms with van der Waals surface area (Å²) in [4.78, 5) is 37.4. The average molecular weight is 378 g/mol. The summed E-state index contributed by atoms with van der Waals surface area (Å²) in [6, 6.07) is 3.24. The van der Waals surface area contributed by atoms with Gasteiger partial charge in [-0.25, -0.2) is 0 Å². The summed E-state index contributed by atoms with van der Waals surface area (Å²) in [5, 5.41) is 10.8. The Balaban J connectivity index is 2.77. The largest absolute Gasteiger partial charge is 0.493 e. The van der Waals surface area contributed by atoms with E-state index in [1.807, 2.05) is 0 Å². The van der Waals surface area contributed by atoms with Crippen molar-refractivity contribution in [2.75, 3.05) is 21.3 Å². The van der Waals surface area contributed by atoms with E-state index in [0.717, 1.165) is 0 Å². The number of carbonyl (C=O) groups excluding carboxylic acids is 3. The second-order valence-electron chi connectivity index (χ2n) is 7.16. The third kappa shape index (κ3) is 3.69. The van der Waals surface area contributed by atoms with Crippen LogP contribution in [0.3, 0.4) is 0 Å². The van der Waals surface area contributed by atoms with E-state index in [4.69, 9.17) is 14.2 Å². The van der Waals surface area contributed by atoms with E-state index in [1.165, 1.54) is 42.1 Å². The lowest BCUT2D eigenvalue weighted by Gasteiger charge is -2.44. The highest BCUT2D eigenvalue weighted by Crippen LogP contribution is 2.49. The van der Waals surface area contributed by atoms with Gasteiger partial charge >= 0.3 is 0 Å². The molecule has 0 radical (unpaired) electrons. The Kier molecular flexibility index (Phi) is 5.94. The number of benzene rings is 1. The maximum Gasteiger partial charge on any atom is 0.203 e. The van der Waals surface area contributed by atoms with Gasteiger partial charge in [0.05, 0.1) is 38.8 Å². The van der Waals surface area contributed by atoms with Crippen molar-refractivity contribution in [2.45, 2.75) is 38.7 Å². The van der Waals surface area contributed by atoms with E-state index >= 15 is 0 Å². The Bertz CT molecular complexity index is 741. The van der Waals surface area contributed by atoms with Crippen LogP contribution in [0, 0.1) is 11.8 Å². The molecule has 0 saturated heterocycles. The summed E-state index contributed by atoms with van der Waals surface area (Å²) in [6.45, 7) is 4.14. The highest BCUT2D eigenvalue weighted by molar-refractivity contribution is 6.05. The molecule has 1 N–H and O–H groups in total. The molecule has 0 spiro atoms. The molecule has 0 aromatic heterocycles. The van der Waals surface area contributed by atoms with Crippen molar-refractivity contribution in [3.63, 3.8) is 0 Å². The molecule has 1 fully saturated rings. The topological polar surface area (TPSA) is 99.1 Å². The summed E-state index contributed by atoms with van der Waals surface area (Å²) in [6.07, 6.45) is -0.248. The predicted octanol–water partition coefficient (Wildman–Crippen LogP) is 1.93. The van der Waals surface area contributed by atoms with Gasteiger partial charge in [0.15, 0.2) is 11.5 Å².